The van der Waals surface area contributed by atoms with Gasteiger partial charge in [-0.2, -0.15) is 0 Å². The minimum Gasteiger partial charge on any atom is -0.507 e. The number of nitrogens with one attached hydrogen (secondary N) is 2. The van der Waals surface area contributed by atoms with Crippen molar-refractivity contribution in [2.45, 2.75) is 38.8 Å². The number of aliphatic hydroxyl groups excluding tert-OH is 1. The first kappa shape index (κ1) is 23.4. The molecule has 1 aromatic heterocycles. The number of aromatic nitrogens is 1. The SMILES string of the molecule is CC(=O)NCc1c(C(C2=C(O)C(C)(c3ccccc3)OC2=O)c2ccccc2)[nH]c2cc(C)ccc12. The van der Waals surface area contributed by atoms with Gasteiger partial charge in [0.15, 0.2) is 11.4 Å². The fourth-order valence-corrected chi connectivity index (χ4v) is 5.01. The highest BCUT2D eigenvalue weighted by Gasteiger charge is 2.49. The number of carbonyl (C=O) groups is 2. The van der Waals surface area contributed by atoms with Gasteiger partial charge in [-0.1, -0.05) is 72.8 Å². The van der Waals surface area contributed by atoms with Gasteiger partial charge in [-0.05, 0) is 31.0 Å². The van der Waals surface area contributed by atoms with Crippen LogP contribution in [0.5, 0.6) is 0 Å². The molecule has 0 saturated carbocycles. The molecule has 2 atom stereocenters. The Bertz CT molecular complexity index is 1490. The predicted octanol–water partition coefficient (Wildman–Crippen LogP) is 5.53. The van der Waals surface area contributed by atoms with Gasteiger partial charge in [0, 0.05) is 41.2 Å². The predicted molar refractivity (Wildman–Crippen MR) is 138 cm³/mol. The first-order valence-electron chi connectivity index (χ1n) is 11.9. The molecular weight excluding hydrogens is 452 g/mol. The zero-order valence-corrected chi connectivity index (χ0v) is 20.5. The van der Waals surface area contributed by atoms with E-state index in [4.69, 9.17) is 4.74 Å². The van der Waals surface area contributed by atoms with Crippen molar-refractivity contribution in [2.75, 3.05) is 0 Å². The molecule has 2 unspecified atom stereocenters. The Morgan fingerprint density at radius 3 is 2.39 bits per heavy atom. The summed E-state index contributed by atoms with van der Waals surface area (Å²) in [7, 11) is 0. The molecule has 0 aliphatic carbocycles. The second-order valence-corrected chi connectivity index (χ2v) is 9.37. The number of aliphatic hydroxyl groups is 1. The van der Waals surface area contributed by atoms with Gasteiger partial charge in [-0.3, -0.25) is 4.79 Å². The molecule has 0 saturated heterocycles. The number of cyclic esters (lactones) is 1. The maximum atomic E-state index is 13.5. The number of esters is 1. The minimum absolute atomic E-state index is 0.118. The summed E-state index contributed by atoms with van der Waals surface area (Å²) in [5, 5.41) is 15.5. The van der Waals surface area contributed by atoms with Gasteiger partial charge in [0.2, 0.25) is 5.91 Å². The van der Waals surface area contributed by atoms with Gasteiger partial charge in [-0.15, -0.1) is 0 Å². The maximum absolute atomic E-state index is 13.5. The van der Waals surface area contributed by atoms with Crippen LogP contribution in [0.15, 0.2) is 90.2 Å². The topological polar surface area (TPSA) is 91.4 Å². The molecule has 36 heavy (non-hydrogen) atoms. The monoisotopic (exact) mass is 480 g/mol. The smallest absolute Gasteiger partial charge is 0.339 e. The van der Waals surface area contributed by atoms with Crippen molar-refractivity contribution in [3.05, 3.63) is 118 Å². The normalized spacial score (nSPS) is 18.4. The van der Waals surface area contributed by atoms with Crippen LogP contribution >= 0.6 is 0 Å². The number of rotatable bonds is 6. The molecule has 0 radical (unpaired) electrons. The first-order chi connectivity index (χ1) is 17.3. The molecule has 6 heteroatoms. The van der Waals surface area contributed by atoms with Crippen molar-refractivity contribution in [1.29, 1.82) is 0 Å². The number of aryl methyl sites for hydroxylation is 1. The van der Waals surface area contributed by atoms with Crippen molar-refractivity contribution >= 4 is 22.8 Å². The summed E-state index contributed by atoms with van der Waals surface area (Å²) in [5.41, 5.74) is 3.94. The molecule has 1 aliphatic heterocycles. The van der Waals surface area contributed by atoms with E-state index in [9.17, 15) is 14.7 Å². The molecule has 1 aliphatic rings. The van der Waals surface area contributed by atoms with Gasteiger partial charge in [0.25, 0.3) is 0 Å². The zero-order chi connectivity index (χ0) is 25.4. The summed E-state index contributed by atoms with van der Waals surface area (Å²) >= 11 is 0. The van der Waals surface area contributed by atoms with Crippen LogP contribution < -0.4 is 5.32 Å². The molecule has 1 amide bonds. The minimum atomic E-state index is -1.30. The summed E-state index contributed by atoms with van der Waals surface area (Å²) in [5.74, 6) is -1.49. The van der Waals surface area contributed by atoms with Crippen LogP contribution in [0.25, 0.3) is 10.9 Å². The molecular formula is C30H28N2O4. The van der Waals surface area contributed by atoms with Crippen LogP contribution in [0, 0.1) is 6.92 Å². The molecule has 182 valence electrons. The molecule has 0 fully saturated rings. The van der Waals surface area contributed by atoms with Gasteiger partial charge in [0.1, 0.15) is 0 Å². The molecule has 0 bridgehead atoms. The van der Waals surface area contributed by atoms with Gasteiger partial charge >= 0.3 is 5.97 Å². The summed E-state index contributed by atoms with van der Waals surface area (Å²) in [6.07, 6.45) is 0. The number of benzene rings is 3. The quantitative estimate of drug-likeness (QED) is 0.317. The van der Waals surface area contributed by atoms with Crippen molar-refractivity contribution in [2.24, 2.45) is 0 Å². The van der Waals surface area contributed by atoms with E-state index in [1.807, 2.05) is 85.8 Å². The third-order valence-corrected chi connectivity index (χ3v) is 6.87. The summed E-state index contributed by atoms with van der Waals surface area (Å²) in [6.45, 7) is 5.46. The maximum Gasteiger partial charge on any atom is 0.339 e. The standard InChI is InChI=1S/C30H28N2O4/c1-18-14-15-22-23(17-31-19(2)33)27(32-24(22)16-18)25(20-10-6-4-7-11-20)26-28(34)30(3,36-29(26)35)21-12-8-5-9-13-21/h4-16,25,32,34H,17H2,1-3H3,(H,31,33). The Labute approximate surface area is 209 Å². The highest BCUT2D eigenvalue weighted by atomic mass is 16.6. The van der Waals surface area contributed by atoms with E-state index < -0.39 is 17.5 Å². The number of amides is 1. The summed E-state index contributed by atoms with van der Waals surface area (Å²) < 4.78 is 5.87. The average molecular weight is 481 g/mol. The van der Waals surface area contributed by atoms with Crippen LogP contribution in [-0.2, 0) is 26.5 Å². The van der Waals surface area contributed by atoms with Crippen LogP contribution in [0.4, 0.5) is 0 Å². The lowest BCUT2D eigenvalue weighted by atomic mass is 9.83. The fraction of sp³-hybridized carbons (Fsp3) is 0.200. The summed E-state index contributed by atoms with van der Waals surface area (Å²) in [4.78, 5) is 28.8. The first-order valence-corrected chi connectivity index (χ1v) is 11.9. The van der Waals surface area contributed by atoms with Gasteiger partial charge in [-0.25, -0.2) is 4.79 Å². The Balaban J connectivity index is 1.77. The van der Waals surface area contributed by atoms with E-state index in [1.165, 1.54) is 6.92 Å². The van der Waals surface area contributed by atoms with Crippen molar-refractivity contribution < 1.29 is 19.4 Å². The lowest BCUT2D eigenvalue weighted by Gasteiger charge is -2.24. The van der Waals surface area contributed by atoms with E-state index >= 15 is 0 Å². The molecule has 3 N–H and O–H groups in total. The molecule has 3 aromatic carbocycles. The third kappa shape index (κ3) is 3.94. The number of ether oxygens (including phenoxy) is 1. The summed E-state index contributed by atoms with van der Waals surface area (Å²) in [6, 6.07) is 24.9. The molecule has 6 nitrogen and oxygen atoms in total. The highest BCUT2D eigenvalue weighted by Crippen LogP contribution is 2.47. The largest absolute Gasteiger partial charge is 0.507 e. The number of hydrogen-bond acceptors (Lipinski definition) is 4. The van der Waals surface area contributed by atoms with E-state index in [0.29, 0.717) is 5.56 Å². The van der Waals surface area contributed by atoms with Crippen molar-refractivity contribution in [1.82, 2.24) is 10.3 Å². The van der Waals surface area contributed by atoms with E-state index in [0.717, 1.165) is 33.3 Å². The Morgan fingerprint density at radius 1 is 1.06 bits per heavy atom. The van der Waals surface area contributed by atoms with Crippen molar-refractivity contribution in [3.63, 3.8) is 0 Å². The number of H-pyrrole nitrogens is 1. The van der Waals surface area contributed by atoms with Crippen LogP contribution in [0.3, 0.4) is 0 Å². The van der Waals surface area contributed by atoms with E-state index in [-0.39, 0.29) is 23.8 Å². The Hall–Kier alpha value is -4.32. The number of fused-ring (bicyclic) bond motifs is 1. The molecule has 0 spiro atoms. The second-order valence-electron chi connectivity index (χ2n) is 9.37. The second kappa shape index (κ2) is 9.04. The van der Waals surface area contributed by atoms with Crippen LogP contribution in [-0.4, -0.2) is 22.0 Å². The lowest BCUT2D eigenvalue weighted by molar-refractivity contribution is -0.147. The van der Waals surface area contributed by atoms with Crippen molar-refractivity contribution in [3.8, 4) is 0 Å². The third-order valence-electron chi connectivity index (χ3n) is 6.87. The number of hydrogen-bond donors (Lipinski definition) is 3. The Morgan fingerprint density at radius 2 is 1.72 bits per heavy atom. The highest BCUT2D eigenvalue weighted by molar-refractivity contribution is 5.96. The molecule has 2 heterocycles. The van der Waals surface area contributed by atoms with Gasteiger partial charge < -0.3 is 20.1 Å². The number of carbonyl (C=O) groups excluding carboxylic acids is 2. The van der Waals surface area contributed by atoms with Gasteiger partial charge in [0.05, 0.1) is 11.5 Å². The van der Waals surface area contributed by atoms with Crippen LogP contribution in [0.1, 0.15) is 47.7 Å². The fourth-order valence-electron chi connectivity index (χ4n) is 5.01. The molecule has 4 aromatic rings. The number of aromatic amines is 1. The lowest BCUT2D eigenvalue weighted by Crippen LogP contribution is -2.25. The average Bonchev–Trinajstić information content (AvgIpc) is 3.33. The molecule has 5 rings (SSSR count). The van der Waals surface area contributed by atoms with E-state index in [2.05, 4.69) is 10.3 Å². The van der Waals surface area contributed by atoms with Crippen LogP contribution in [0.2, 0.25) is 0 Å². The van der Waals surface area contributed by atoms with E-state index in [1.54, 1.807) is 6.92 Å². The zero-order valence-electron chi connectivity index (χ0n) is 20.5. The Kier molecular flexibility index (Phi) is 5.88.